The van der Waals surface area contributed by atoms with E-state index < -0.39 is 28.5 Å². The Labute approximate surface area is 210 Å². The zero-order valence-electron chi connectivity index (χ0n) is 20.1. The summed E-state index contributed by atoms with van der Waals surface area (Å²) in [5.74, 6) is -0.194. The number of halogens is 1. The molecule has 2 amide bonds. The summed E-state index contributed by atoms with van der Waals surface area (Å²) in [4.78, 5) is 27.8. The molecule has 2 atom stereocenters. The molecule has 0 saturated carbocycles. The summed E-state index contributed by atoms with van der Waals surface area (Å²) in [5, 5.41) is 2.90. The number of carbonyl (C=O) groups is 2. The lowest BCUT2D eigenvalue weighted by Crippen LogP contribution is -2.52. The summed E-state index contributed by atoms with van der Waals surface area (Å²) in [5.41, 5.74) is 1.10. The van der Waals surface area contributed by atoms with Crippen LogP contribution >= 0.6 is 15.9 Å². The van der Waals surface area contributed by atoms with Crippen LogP contribution in [-0.2, 0) is 26.2 Å². The highest BCUT2D eigenvalue weighted by molar-refractivity contribution is 9.10. The molecular weight excluding hydrogens is 522 g/mol. The van der Waals surface area contributed by atoms with Crippen LogP contribution in [0.5, 0.6) is 5.75 Å². The molecule has 0 aliphatic heterocycles. The van der Waals surface area contributed by atoms with Crippen LogP contribution in [0.2, 0.25) is 0 Å². The number of carbonyl (C=O) groups excluding carboxylic acids is 2. The molecular formula is C24H32BrN3O5S. The van der Waals surface area contributed by atoms with Crippen molar-refractivity contribution in [1.82, 2.24) is 10.2 Å². The van der Waals surface area contributed by atoms with Gasteiger partial charge < -0.3 is 15.0 Å². The van der Waals surface area contributed by atoms with Crippen LogP contribution in [-0.4, -0.2) is 57.1 Å². The number of sulfonamides is 1. The van der Waals surface area contributed by atoms with E-state index in [-0.39, 0.29) is 18.5 Å². The number of rotatable bonds is 11. The predicted octanol–water partition coefficient (Wildman–Crippen LogP) is 3.56. The van der Waals surface area contributed by atoms with Gasteiger partial charge in [0.25, 0.3) is 0 Å². The number of hydrogen-bond acceptors (Lipinski definition) is 5. The average molecular weight is 555 g/mol. The normalized spacial score (nSPS) is 13.0. The quantitative estimate of drug-likeness (QED) is 0.459. The van der Waals surface area contributed by atoms with Crippen LogP contribution in [0.1, 0.15) is 32.8 Å². The van der Waals surface area contributed by atoms with Gasteiger partial charge in [0.2, 0.25) is 21.8 Å². The Hall–Kier alpha value is -2.59. The zero-order valence-corrected chi connectivity index (χ0v) is 22.5. The third-order valence-corrected chi connectivity index (χ3v) is 7.25. The largest absolute Gasteiger partial charge is 0.497 e. The van der Waals surface area contributed by atoms with Gasteiger partial charge in [0.05, 0.1) is 19.1 Å². The van der Waals surface area contributed by atoms with E-state index in [2.05, 4.69) is 21.2 Å². The van der Waals surface area contributed by atoms with Crippen molar-refractivity contribution in [1.29, 1.82) is 0 Å². The summed E-state index contributed by atoms with van der Waals surface area (Å²) in [7, 11) is -2.24. The molecule has 0 saturated heterocycles. The maximum Gasteiger partial charge on any atom is 0.244 e. The van der Waals surface area contributed by atoms with Gasteiger partial charge in [0.1, 0.15) is 18.3 Å². The second-order valence-electron chi connectivity index (χ2n) is 8.09. The summed E-state index contributed by atoms with van der Waals surface area (Å²) >= 11 is 3.36. The van der Waals surface area contributed by atoms with Crippen molar-refractivity contribution in [2.24, 2.45) is 0 Å². The standard InChI is InChI=1S/C24H32BrN3O5S/c1-6-17(2)26-24(30)18(3)27(15-19-10-9-11-20(14-19)33-4)23(29)16-28(34(5,31)32)22-13-8-7-12-21(22)25/h7-14,17-18H,6,15-16H2,1-5H3,(H,26,30)/t17-,18-/m1/s1. The van der Waals surface area contributed by atoms with Gasteiger partial charge in [-0.25, -0.2) is 8.42 Å². The molecule has 0 fully saturated rings. The van der Waals surface area contributed by atoms with Gasteiger partial charge in [-0.05, 0) is 66.0 Å². The minimum atomic E-state index is -3.79. The minimum Gasteiger partial charge on any atom is -0.497 e. The Balaban J connectivity index is 2.41. The Morgan fingerprint density at radius 1 is 1.12 bits per heavy atom. The van der Waals surface area contributed by atoms with Gasteiger partial charge >= 0.3 is 0 Å². The number of benzene rings is 2. The van der Waals surface area contributed by atoms with Gasteiger partial charge in [-0.2, -0.15) is 0 Å². The maximum atomic E-state index is 13.5. The highest BCUT2D eigenvalue weighted by Crippen LogP contribution is 2.28. The Bertz CT molecular complexity index is 1110. The number of para-hydroxylation sites is 1. The van der Waals surface area contributed by atoms with Crippen molar-refractivity contribution in [3.05, 3.63) is 58.6 Å². The molecule has 2 aromatic rings. The highest BCUT2D eigenvalue weighted by Gasteiger charge is 2.31. The topological polar surface area (TPSA) is 96.0 Å². The smallest absolute Gasteiger partial charge is 0.244 e. The van der Waals surface area contributed by atoms with Crippen LogP contribution in [0.25, 0.3) is 0 Å². The van der Waals surface area contributed by atoms with Crippen molar-refractivity contribution in [2.45, 2.75) is 45.8 Å². The van der Waals surface area contributed by atoms with Gasteiger partial charge in [0.15, 0.2) is 0 Å². The number of nitrogens with zero attached hydrogens (tertiary/aromatic N) is 2. The van der Waals surface area contributed by atoms with Crippen LogP contribution in [0.15, 0.2) is 53.0 Å². The maximum absolute atomic E-state index is 13.5. The number of methoxy groups -OCH3 is 1. The fourth-order valence-electron chi connectivity index (χ4n) is 3.26. The number of nitrogens with one attached hydrogen (secondary N) is 1. The van der Waals surface area contributed by atoms with E-state index in [1.807, 2.05) is 19.9 Å². The molecule has 0 unspecified atom stereocenters. The molecule has 2 rings (SSSR count). The predicted molar refractivity (Wildman–Crippen MR) is 137 cm³/mol. The van der Waals surface area contributed by atoms with Crippen LogP contribution in [0.4, 0.5) is 5.69 Å². The monoisotopic (exact) mass is 553 g/mol. The van der Waals surface area contributed by atoms with Crippen LogP contribution in [0.3, 0.4) is 0 Å². The molecule has 10 heteroatoms. The van der Waals surface area contributed by atoms with Crippen molar-refractivity contribution in [3.8, 4) is 5.75 Å². The molecule has 0 aromatic heterocycles. The second-order valence-corrected chi connectivity index (χ2v) is 10.8. The molecule has 186 valence electrons. The van der Waals surface area contributed by atoms with Crippen molar-refractivity contribution >= 4 is 43.5 Å². The number of anilines is 1. The minimum absolute atomic E-state index is 0.0588. The lowest BCUT2D eigenvalue weighted by atomic mass is 10.1. The van der Waals surface area contributed by atoms with E-state index in [1.165, 1.54) is 4.90 Å². The molecule has 0 heterocycles. The average Bonchev–Trinajstić information content (AvgIpc) is 2.80. The summed E-state index contributed by atoms with van der Waals surface area (Å²) in [6.45, 7) is 5.14. The van der Waals surface area contributed by atoms with E-state index in [0.717, 1.165) is 22.5 Å². The number of amides is 2. The Kier molecular flexibility index (Phi) is 9.93. The van der Waals surface area contributed by atoms with E-state index >= 15 is 0 Å². The Morgan fingerprint density at radius 3 is 2.38 bits per heavy atom. The van der Waals surface area contributed by atoms with E-state index in [0.29, 0.717) is 15.9 Å². The molecule has 0 bridgehead atoms. The first-order valence-corrected chi connectivity index (χ1v) is 13.6. The molecule has 2 aromatic carbocycles. The molecule has 34 heavy (non-hydrogen) atoms. The molecule has 1 N–H and O–H groups in total. The third kappa shape index (κ3) is 7.46. The fraction of sp³-hybridized carbons (Fsp3) is 0.417. The van der Waals surface area contributed by atoms with Gasteiger partial charge in [-0.3, -0.25) is 13.9 Å². The van der Waals surface area contributed by atoms with Gasteiger partial charge in [0, 0.05) is 17.1 Å². The van der Waals surface area contributed by atoms with Crippen LogP contribution < -0.4 is 14.4 Å². The Morgan fingerprint density at radius 2 is 1.79 bits per heavy atom. The lowest BCUT2D eigenvalue weighted by molar-refractivity contribution is -0.139. The highest BCUT2D eigenvalue weighted by atomic mass is 79.9. The van der Waals surface area contributed by atoms with Gasteiger partial charge in [-0.1, -0.05) is 31.2 Å². The molecule has 0 aliphatic carbocycles. The summed E-state index contributed by atoms with van der Waals surface area (Å²) < 4.78 is 32.1. The lowest BCUT2D eigenvalue weighted by Gasteiger charge is -2.32. The van der Waals surface area contributed by atoms with Crippen molar-refractivity contribution < 1.29 is 22.7 Å². The first-order chi connectivity index (χ1) is 16.0. The molecule has 0 aliphatic rings. The number of hydrogen-bond donors (Lipinski definition) is 1. The molecule has 0 radical (unpaired) electrons. The first kappa shape index (κ1) is 27.7. The first-order valence-electron chi connectivity index (χ1n) is 10.9. The van der Waals surface area contributed by atoms with E-state index in [9.17, 15) is 18.0 Å². The van der Waals surface area contributed by atoms with Crippen molar-refractivity contribution in [2.75, 3.05) is 24.2 Å². The molecule has 0 spiro atoms. The summed E-state index contributed by atoms with van der Waals surface area (Å²) in [6.07, 6.45) is 1.79. The van der Waals surface area contributed by atoms with Crippen molar-refractivity contribution in [3.63, 3.8) is 0 Å². The van der Waals surface area contributed by atoms with E-state index in [4.69, 9.17) is 4.74 Å². The second kappa shape index (κ2) is 12.2. The zero-order chi connectivity index (χ0) is 25.5. The third-order valence-electron chi connectivity index (χ3n) is 5.46. The number of ether oxygens (including phenoxy) is 1. The van der Waals surface area contributed by atoms with E-state index in [1.54, 1.807) is 56.5 Å². The SMILES string of the molecule is CC[C@@H](C)NC(=O)[C@@H](C)N(Cc1cccc(OC)c1)C(=O)CN(c1ccccc1Br)S(C)(=O)=O. The van der Waals surface area contributed by atoms with Gasteiger partial charge in [-0.15, -0.1) is 0 Å². The summed E-state index contributed by atoms with van der Waals surface area (Å²) in [6, 6.07) is 13.1. The molecule has 8 nitrogen and oxygen atoms in total. The van der Waals surface area contributed by atoms with Crippen LogP contribution in [0, 0.1) is 0 Å². The fourth-order valence-corrected chi connectivity index (χ4v) is 4.74.